The van der Waals surface area contributed by atoms with E-state index in [9.17, 15) is 9.59 Å². The van der Waals surface area contributed by atoms with E-state index in [-0.39, 0.29) is 17.0 Å². The number of rotatable bonds is 4. The van der Waals surface area contributed by atoms with E-state index in [1.807, 2.05) is 54.6 Å². The Hall–Kier alpha value is -2.66. The van der Waals surface area contributed by atoms with E-state index in [1.165, 1.54) is 4.90 Å². The maximum atomic E-state index is 12.6. The Bertz CT molecular complexity index is 934. The SMILES string of the molecule is CN(Cc1ccc(Br)cc1)C(=O)c1ccc(-c2ccccc2)[nH]c1=O. The van der Waals surface area contributed by atoms with Crippen molar-refractivity contribution >= 4 is 21.8 Å². The molecule has 4 nitrogen and oxygen atoms in total. The largest absolute Gasteiger partial charge is 0.337 e. The van der Waals surface area contributed by atoms with Gasteiger partial charge in [-0.25, -0.2) is 0 Å². The Labute approximate surface area is 154 Å². The molecule has 0 saturated heterocycles. The van der Waals surface area contributed by atoms with Crippen molar-refractivity contribution in [3.8, 4) is 11.3 Å². The second-order valence-corrected chi connectivity index (χ2v) is 6.68. The average molecular weight is 397 g/mol. The molecule has 0 bridgehead atoms. The maximum absolute atomic E-state index is 12.6. The molecule has 126 valence electrons. The molecule has 0 aliphatic carbocycles. The van der Waals surface area contributed by atoms with Crippen molar-refractivity contribution in [3.63, 3.8) is 0 Å². The summed E-state index contributed by atoms with van der Waals surface area (Å²) in [6, 6.07) is 20.6. The van der Waals surface area contributed by atoms with E-state index in [0.29, 0.717) is 12.2 Å². The molecular weight excluding hydrogens is 380 g/mol. The molecule has 2 aromatic carbocycles. The lowest BCUT2D eigenvalue weighted by atomic mass is 10.1. The van der Waals surface area contributed by atoms with E-state index >= 15 is 0 Å². The second kappa shape index (κ2) is 7.49. The van der Waals surface area contributed by atoms with Gasteiger partial charge in [-0.15, -0.1) is 0 Å². The van der Waals surface area contributed by atoms with Gasteiger partial charge < -0.3 is 9.88 Å². The summed E-state index contributed by atoms with van der Waals surface area (Å²) in [5.74, 6) is -0.302. The van der Waals surface area contributed by atoms with Crippen LogP contribution in [0.15, 0.2) is 76.0 Å². The smallest absolute Gasteiger partial charge is 0.261 e. The first kappa shape index (κ1) is 17.2. The fraction of sp³-hybridized carbons (Fsp3) is 0.100. The van der Waals surface area contributed by atoms with E-state index in [0.717, 1.165) is 15.6 Å². The third-order valence-electron chi connectivity index (χ3n) is 3.90. The van der Waals surface area contributed by atoms with E-state index in [2.05, 4.69) is 20.9 Å². The molecular formula is C20H17BrN2O2. The zero-order chi connectivity index (χ0) is 17.8. The van der Waals surface area contributed by atoms with Gasteiger partial charge in [-0.05, 0) is 35.4 Å². The minimum Gasteiger partial charge on any atom is -0.337 e. The summed E-state index contributed by atoms with van der Waals surface area (Å²) in [6.07, 6.45) is 0. The third-order valence-corrected chi connectivity index (χ3v) is 4.43. The normalized spacial score (nSPS) is 10.5. The van der Waals surface area contributed by atoms with Crippen LogP contribution in [0.5, 0.6) is 0 Å². The second-order valence-electron chi connectivity index (χ2n) is 5.77. The first-order valence-electron chi connectivity index (χ1n) is 7.83. The first-order chi connectivity index (χ1) is 12.0. The number of amides is 1. The molecule has 1 N–H and O–H groups in total. The Morgan fingerprint density at radius 2 is 1.68 bits per heavy atom. The number of H-pyrrole nitrogens is 1. The van der Waals surface area contributed by atoms with Crippen molar-refractivity contribution in [1.29, 1.82) is 0 Å². The van der Waals surface area contributed by atoms with Gasteiger partial charge in [-0.1, -0.05) is 58.4 Å². The molecule has 3 aromatic rings. The van der Waals surface area contributed by atoms with Gasteiger partial charge in [-0.2, -0.15) is 0 Å². The van der Waals surface area contributed by atoms with Crippen LogP contribution in [0.1, 0.15) is 15.9 Å². The summed E-state index contributed by atoms with van der Waals surface area (Å²) >= 11 is 3.39. The quantitative estimate of drug-likeness (QED) is 0.722. The topological polar surface area (TPSA) is 53.2 Å². The lowest BCUT2D eigenvalue weighted by Gasteiger charge is -2.17. The third kappa shape index (κ3) is 4.06. The summed E-state index contributed by atoms with van der Waals surface area (Å²) in [5.41, 5.74) is 2.35. The highest BCUT2D eigenvalue weighted by Crippen LogP contribution is 2.16. The van der Waals surface area contributed by atoms with Crippen LogP contribution in [0.2, 0.25) is 0 Å². The summed E-state index contributed by atoms with van der Waals surface area (Å²) < 4.78 is 0.984. The Morgan fingerprint density at radius 3 is 2.32 bits per heavy atom. The molecule has 1 aromatic heterocycles. The van der Waals surface area contributed by atoms with E-state index in [1.54, 1.807) is 19.2 Å². The highest BCUT2D eigenvalue weighted by atomic mass is 79.9. The number of pyridine rings is 1. The number of nitrogens with one attached hydrogen (secondary N) is 1. The molecule has 25 heavy (non-hydrogen) atoms. The van der Waals surface area contributed by atoms with Crippen molar-refractivity contribution in [2.24, 2.45) is 0 Å². The Balaban J connectivity index is 1.80. The monoisotopic (exact) mass is 396 g/mol. The Kier molecular flexibility index (Phi) is 5.14. The van der Waals surface area contributed by atoms with Crippen molar-refractivity contribution in [1.82, 2.24) is 9.88 Å². The maximum Gasteiger partial charge on any atom is 0.261 e. The van der Waals surface area contributed by atoms with E-state index < -0.39 is 0 Å². The molecule has 1 heterocycles. The first-order valence-corrected chi connectivity index (χ1v) is 8.62. The fourth-order valence-electron chi connectivity index (χ4n) is 2.57. The molecule has 0 unspecified atom stereocenters. The zero-order valence-electron chi connectivity index (χ0n) is 13.7. The van der Waals surface area contributed by atoms with Gasteiger partial charge in [0.25, 0.3) is 11.5 Å². The van der Waals surface area contributed by atoms with Crippen LogP contribution in [0.4, 0.5) is 0 Å². The van der Waals surface area contributed by atoms with Crippen molar-refractivity contribution in [2.75, 3.05) is 7.05 Å². The minimum atomic E-state index is -0.381. The van der Waals surface area contributed by atoms with Crippen LogP contribution in [0.25, 0.3) is 11.3 Å². The Morgan fingerprint density at radius 1 is 1.00 bits per heavy atom. The number of carbonyl (C=O) groups excluding carboxylic acids is 1. The van der Waals surface area contributed by atoms with Crippen molar-refractivity contribution in [2.45, 2.75) is 6.54 Å². The van der Waals surface area contributed by atoms with Crippen LogP contribution in [0.3, 0.4) is 0 Å². The molecule has 0 aliphatic rings. The molecule has 0 fully saturated rings. The van der Waals surface area contributed by atoms with Gasteiger partial charge >= 0.3 is 0 Å². The predicted molar refractivity (Wildman–Crippen MR) is 102 cm³/mol. The van der Waals surface area contributed by atoms with Crippen molar-refractivity contribution < 1.29 is 4.79 Å². The van der Waals surface area contributed by atoms with Crippen molar-refractivity contribution in [3.05, 3.63) is 92.7 Å². The number of aromatic amines is 1. The van der Waals surface area contributed by atoms with Gasteiger partial charge in [0, 0.05) is 23.8 Å². The summed E-state index contributed by atoms with van der Waals surface area (Å²) in [6.45, 7) is 0.436. The molecule has 5 heteroatoms. The minimum absolute atomic E-state index is 0.138. The van der Waals surface area contributed by atoms with Crippen LogP contribution in [0, 0.1) is 0 Å². The number of nitrogens with zero attached hydrogens (tertiary/aromatic N) is 1. The molecule has 0 saturated carbocycles. The number of halogens is 1. The summed E-state index contributed by atoms with van der Waals surface area (Å²) in [5, 5.41) is 0. The highest BCUT2D eigenvalue weighted by molar-refractivity contribution is 9.10. The number of carbonyl (C=O) groups is 1. The van der Waals surface area contributed by atoms with E-state index in [4.69, 9.17) is 0 Å². The van der Waals surface area contributed by atoms with Gasteiger partial charge in [0.1, 0.15) is 5.56 Å². The lowest BCUT2D eigenvalue weighted by Crippen LogP contribution is -2.31. The summed E-state index contributed by atoms with van der Waals surface area (Å²) in [7, 11) is 1.69. The standard InChI is InChI=1S/C20H17BrN2O2/c1-23(13-14-7-9-16(21)10-8-14)20(25)17-11-12-18(22-19(17)24)15-5-3-2-4-6-15/h2-12H,13H2,1H3,(H,22,24). The average Bonchev–Trinajstić information content (AvgIpc) is 2.63. The highest BCUT2D eigenvalue weighted by Gasteiger charge is 2.16. The number of hydrogen-bond donors (Lipinski definition) is 1. The van der Waals surface area contributed by atoms with Gasteiger partial charge in [0.05, 0.1) is 0 Å². The molecule has 0 atom stereocenters. The van der Waals surface area contributed by atoms with Gasteiger partial charge in [-0.3, -0.25) is 9.59 Å². The molecule has 0 spiro atoms. The summed E-state index contributed by atoms with van der Waals surface area (Å²) in [4.78, 5) is 29.3. The number of hydrogen-bond acceptors (Lipinski definition) is 2. The molecule has 3 rings (SSSR count). The fourth-order valence-corrected chi connectivity index (χ4v) is 2.83. The van der Waals surface area contributed by atoms with Crippen LogP contribution < -0.4 is 5.56 Å². The number of benzene rings is 2. The molecule has 0 aliphatic heterocycles. The van der Waals surface area contributed by atoms with Gasteiger partial charge in [0.15, 0.2) is 0 Å². The zero-order valence-corrected chi connectivity index (χ0v) is 15.3. The molecule has 1 amide bonds. The predicted octanol–water partition coefficient (Wildman–Crippen LogP) is 4.08. The molecule has 0 radical (unpaired) electrons. The van der Waals surface area contributed by atoms with Crippen LogP contribution in [-0.4, -0.2) is 22.8 Å². The van der Waals surface area contributed by atoms with Gasteiger partial charge in [0.2, 0.25) is 0 Å². The van der Waals surface area contributed by atoms with Crippen LogP contribution in [-0.2, 0) is 6.54 Å². The lowest BCUT2D eigenvalue weighted by molar-refractivity contribution is 0.0783. The number of aromatic nitrogens is 1. The van der Waals surface area contributed by atoms with Crippen LogP contribution >= 0.6 is 15.9 Å².